The van der Waals surface area contributed by atoms with Crippen molar-refractivity contribution in [1.29, 1.82) is 0 Å². The molecule has 1 heterocycles. The minimum Gasteiger partial charge on any atom is -0.478 e. The molecule has 0 aromatic carbocycles. The fourth-order valence-electron chi connectivity index (χ4n) is 1.56. The molecule has 4 heteroatoms. The molecule has 1 aliphatic heterocycles. The molecular weight excluding hydrogens is 170 g/mol. The van der Waals surface area contributed by atoms with E-state index in [2.05, 4.69) is 4.99 Å². The van der Waals surface area contributed by atoms with E-state index in [0.717, 1.165) is 11.8 Å². The molecule has 0 spiro atoms. The molecule has 0 amide bonds. The standard InChI is InChI=1S/C9H9NO3/c1-10-6-4-7-9(5-6,13-7)3-2-8(11)12/h1-4,7,10H,5H2,(H,11,12)/b3-2+. The van der Waals surface area contributed by atoms with E-state index in [0.29, 0.717) is 6.42 Å². The molecule has 2 rings (SSSR count). The topological polar surface area (TPSA) is 63.8 Å². The number of nitrogens with one attached hydrogen (secondary N) is 1. The van der Waals surface area contributed by atoms with Gasteiger partial charge in [-0.15, -0.1) is 0 Å². The predicted molar refractivity (Wildman–Crippen MR) is 44.1 cm³/mol. The summed E-state index contributed by atoms with van der Waals surface area (Å²) in [6.45, 7) is 5.22. The first-order chi connectivity index (χ1) is 6.16. The van der Waals surface area contributed by atoms with Crippen LogP contribution in [0.25, 0.3) is 0 Å². The fourth-order valence-corrected chi connectivity index (χ4v) is 1.56. The summed E-state index contributed by atoms with van der Waals surface area (Å²) in [4.78, 5) is 12.8. The Balaban J connectivity index is 2.06. The average molecular weight is 179 g/mol. The van der Waals surface area contributed by atoms with E-state index in [1.165, 1.54) is 0 Å². The van der Waals surface area contributed by atoms with Crippen molar-refractivity contribution in [3.8, 4) is 0 Å². The van der Waals surface area contributed by atoms with E-state index >= 15 is 0 Å². The number of carboxylic acid groups (broad SMARTS) is 1. The lowest BCUT2D eigenvalue weighted by Gasteiger charge is -2.02. The maximum Gasteiger partial charge on any atom is 0.328 e. The smallest absolute Gasteiger partial charge is 0.328 e. The summed E-state index contributed by atoms with van der Waals surface area (Å²) in [5.41, 5.74) is 0.464. The molecule has 1 saturated heterocycles. The zero-order chi connectivity index (χ0) is 9.47. The van der Waals surface area contributed by atoms with Crippen molar-refractivity contribution in [3.05, 3.63) is 23.9 Å². The quantitative estimate of drug-likeness (QED) is 0.245. The lowest BCUT2D eigenvalue weighted by molar-refractivity contribution is -0.390. The van der Waals surface area contributed by atoms with Gasteiger partial charge in [0.1, 0.15) is 5.60 Å². The first-order valence-corrected chi connectivity index (χ1v) is 3.93. The van der Waals surface area contributed by atoms with Crippen molar-refractivity contribution >= 4 is 12.7 Å². The summed E-state index contributed by atoms with van der Waals surface area (Å²) in [5.74, 6) is -0.960. The first kappa shape index (κ1) is 8.19. The summed E-state index contributed by atoms with van der Waals surface area (Å²) in [6.07, 6.45) is 5.16. The minimum absolute atomic E-state index is 0.00542. The lowest BCUT2D eigenvalue weighted by Crippen LogP contribution is -2.63. The number of epoxide rings is 1. The minimum atomic E-state index is -0.960. The molecule has 13 heavy (non-hydrogen) atoms. The van der Waals surface area contributed by atoms with E-state index in [1.54, 1.807) is 6.08 Å². The molecule has 1 aliphatic carbocycles. The number of hydrogen-bond acceptors (Lipinski definition) is 2. The van der Waals surface area contributed by atoms with Gasteiger partial charge in [-0.25, -0.2) is 4.79 Å². The van der Waals surface area contributed by atoms with Gasteiger partial charge in [0.15, 0.2) is 0 Å². The summed E-state index contributed by atoms with van der Waals surface area (Å²) in [6, 6.07) is 0. The molecule has 2 unspecified atom stereocenters. The van der Waals surface area contributed by atoms with Crippen LogP contribution in [0.15, 0.2) is 23.9 Å². The van der Waals surface area contributed by atoms with Gasteiger partial charge in [0.05, 0.1) is 6.10 Å². The van der Waals surface area contributed by atoms with Crippen LogP contribution in [0.5, 0.6) is 0 Å². The summed E-state index contributed by atoms with van der Waals surface area (Å²) >= 11 is 0. The number of carboxylic acids is 1. The Morgan fingerprint density at radius 1 is 1.92 bits per heavy atom. The van der Waals surface area contributed by atoms with Crippen LogP contribution in [0.2, 0.25) is 0 Å². The average Bonchev–Trinajstić information content (AvgIpc) is 2.66. The van der Waals surface area contributed by atoms with E-state index in [9.17, 15) is 4.79 Å². The highest BCUT2D eigenvalue weighted by Crippen LogP contribution is 2.48. The molecule has 68 valence electrons. The third-order valence-electron chi connectivity index (χ3n) is 2.28. The van der Waals surface area contributed by atoms with Crippen molar-refractivity contribution in [2.24, 2.45) is 0 Å². The molecule has 2 N–H and O–H groups in total. The lowest BCUT2D eigenvalue weighted by atomic mass is 10.1. The fraction of sp³-hybridized carbons (Fsp3) is 0.333. The predicted octanol–water partition coefficient (Wildman–Crippen LogP) is -1.29. The Bertz CT molecular complexity index is 332. The largest absolute Gasteiger partial charge is 0.478 e. The van der Waals surface area contributed by atoms with Gasteiger partial charge in [0, 0.05) is 18.5 Å². The second-order valence-corrected chi connectivity index (χ2v) is 3.18. The van der Waals surface area contributed by atoms with Gasteiger partial charge in [-0.3, -0.25) is 0 Å². The van der Waals surface area contributed by atoms with Crippen LogP contribution >= 0.6 is 0 Å². The Morgan fingerprint density at radius 3 is 3.23 bits per heavy atom. The van der Waals surface area contributed by atoms with Crippen molar-refractivity contribution in [2.75, 3.05) is 0 Å². The highest BCUT2D eigenvalue weighted by atomic mass is 16.6. The zero-order valence-corrected chi connectivity index (χ0v) is 6.86. The third kappa shape index (κ3) is 1.29. The van der Waals surface area contributed by atoms with E-state index in [1.807, 2.05) is 6.08 Å². The van der Waals surface area contributed by atoms with Gasteiger partial charge in [0.2, 0.25) is 0 Å². The van der Waals surface area contributed by atoms with Gasteiger partial charge in [-0.1, -0.05) is 6.08 Å². The van der Waals surface area contributed by atoms with Crippen molar-refractivity contribution in [3.63, 3.8) is 0 Å². The van der Waals surface area contributed by atoms with Crippen molar-refractivity contribution in [1.82, 2.24) is 0 Å². The SMILES string of the molecule is [CH-]=[NH+]C1=CC2OC2(/C=C/C(=O)O)C1. The zero-order valence-electron chi connectivity index (χ0n) is 6.86. The summed E-state index contributed by atoms with van der Waals surface area (Å²) in [7, 11) is 0. The van der Waals surface area contributed by atoms with Crippen LogP contribution in [0, 0.1) is 0 Å². The highest BCUT2D eigenvalue weighted by molar-refractivity contribution is 5.80. The van der Waals surface area contributed by atoms with Crippen LogP contribution in [0.1, 0.15) is 6.42 Å². The maximum absolute atomic E-state index is 10.3. The van der Waals surface area contributed by atoms with Crippen molar-refractivity contribution in [2.45, 2.75) is 18.1 Å². The Hall–Kier alpha value is -1.42. The Morgan fingerprint density at radius 2 is 2.69 bits per heavy atom. The van der Waals surface area contributed by atoms with Crippen LogP contribution in [0.3, 0.4) is 0 Å². The van der Waals surface area contributed by atoms with Crippen LogP contribution in [-0.4, -0.2) is 29.5 Å². The van der Waals surface area contributed by atoms with Gasteiger partial charge >= 0.3 is 5.97 Å². The van der Waals surface area contributed by atoms with Gasteiger partial charge in [-0.05, 0) is 12.5 Å². The summed E-state index contributed by atoms with van der Waals surface area (Å²) in [5, 5.41) is 8.43. The molecule has 0 radical (unpaired) electrons. The van der Waals surface area contributed by atoms with Gasteiger partial charge in [-0.2, -0.15) is 0 Å². The van der Waals surface area contributed by atoms with Gasteiger partial charge in [0.25, 0.3) is 0 Å². The second-order valence-electron chi connectivity index (χ2n) is 3.18. The van der Waals surface area contributed by atoms with Gasteiger partial charge < -0.3 is 14.8 Å². The number of ether oxygens (including phenoxy) is 1. The Labute approximate surface area is 75.2 Å². The van der Waals surface area contributed by atoms with Crippen molar-refractivity contribution < 1.29 is 19.6 Å². The molecule has 0 bridgehead atoms. The molecule has 1 fully saturated rings. The number of hydrogen-bond donors (Lipinski definition) is 2. The normalized spacial score (nSPS) is 35.7. The van der Waals surface area contributed by atoms with Crippen LogP contribution in [0.4, 0.5) is 0 Å². The molecule has 2 atom stereocenters. The van der Waals surface area contributed by atoms with E-state index < -0.39 is 11.6 Å². The Kier molecular flexibility index (Phi) is 1.60. The monoisotopic (exact) mass is 179 g/mol. The highest BCUT2D eigenvalue weighted by Gasteiger charge is 2.56. The summed E-state index contributed by atoms with van der Waals surface area (Å²) < 4.78 is 5.30. The number of carbonyl (C=O) groups is 1. The second kappa shape index (κ2) is 2.53. The van der Waals surface area contributed by atoms with E-state index in [4.69, 9.17) is 16.6 Å². The van der Waals surface area contributed by atoms with E-state index in [-0.39, 0.29) is 6.10 Å². The number of rotatable bonds is 3. The molecule has 0 aromatic rings. The number of aliphatic carboxylic acids is 1. The first-order valence-electron chi connectivity index (χ1n) is 3.93. The maximum atomic E-state index is 10.3. The van der Waals surface area contributed by atoms with Crippen LogP contribution < -0.4 is 4.99 Å². The molecule has 0 saturated carbocycles. The molecule has 0 aromatic heterocycles. The third-order valence-corrected chi connectivity index (χ3v) is 2.28. The molecule has 2 aliphatic rings. The van der Waals surface area contributed by atoms with Crippen LogP contribution in [-0.2, 0) is 9.53 Å². The number of fused-ring (bicyclic) bond motifs is 1. The molecular formula is C9H9NO3. The molecule has 4 nitrogen and oxygen atoms in total.